The summed E-state index contributed by atoms with van der Waals surface area (Å²) in [6, 6.07) is 7.52. The van der Waals surface area contributed by atoms with E-state index in [1.807, 2.05) is 12.1 Å². The summed E-state index contributed by atoms with van der Waals surface area (Å²) in [7, 11) is 0. The molecule has 100 valence electrons. The molecule has 0 bridgehead atoms. The van der Waals surface area contributed by atoms with Gasteiger partial charge < -0.3 is 21.4 Å². The Bertz CT molecular complexity index is 388. The van der Waals surface area contributed by atoms with Crippen LogP contribution in [-0.2, 0) is 6.54 Å². The molecule has 1 aromatic carbocycles. The Morgan fingerprint density at radius 3 is 2.39 bits per heavy atom. The lowest BCUT2D eigenvalue weighted by Gasteiger charge is -2.20. The van der Waals surface area contributed by atoms with Crippen molar-refractivity contribution in [3.05, 3.63) is 35.4 Å². The maximum absolute atomic E-state index is 9.20. The van der Waals surface area contributed by atoms with Crippen LogP contribution >= 0.6 is 0 Å². The van der Waals surface area contributed by atoms with E-state index in [0.29, 0.717) is 18.0 Å². The lowest BCUT2D eigenvalue weighted by atomic mass is 10.0. The molecule has 0 amide bonds. The van der Waals surface area contributed by atoms with E-state index in [-0.39, 0.29) is 18.5 Å². The van der Waals surface area contributed by atoms with Crippen LogP contribution in [0.15, 0.2) is 29.4 Å². The molecule has 0 aliphatic heterocycles. The summed E-state index contributed by atoms with van der Waals surface area (Å²) in [6.07, 6.45) is 0. The molecule has 0 fully saturated rings. The molecule has 0 spiro atoms. The third kappa shape index (κ3) is 4.01. The number of rotatable bonds is 6. The molecule has 0 radical (unpaired) electrons. The molecular formula is C13H21N3O2. The van der Waals surface area contributed by atoms with Crippen LogP contribution in [0.5, 0.6) is 0 Å². The molecule has 0 aliphatic carbocycles. The molecule has 0 aliphatic rings. The zero-order valence-corrected chi connectivity index (χ0v) is 10.8. The Kier molecular flexibility index (Phi) is 5.61. The molecule has 1 unspecified atom stereocenters. The van der Waals surface area contributed by atoms with Gasteiger partial charge in [-0.1, -0.05) is 43.3 Å². The van der Waals surface area contributed by atoms with Crippen LogP contribution in [0.25, 0.3) is 0 Å². The van der Waals surface area contributed by atoms with E-state index in [2.05, 4.69) is 24.3 Å². The monoisotopic (exact) mass is 251 g/mol. The Hall–Kier alpha value is -1.59. The molecule has 0 saturated carbocycles. The minimum atomic E-state index is 0.0914. The van der Waals surface area contributed by atoms with Crippen molar-refractivity contribution >= 4 is 5.84 Å². The van der Waals surface area contributed by atoms with Gasteiger partial charge in [0.15, 0.2) is 5.84 Å². The summed E-state index contributed by atoms with van der Waals surface area (Å²) < 4.78 is 0. The fraction of sp³-hybridized carbons (Fsp3) is 0.462. The summed E-state index contributed by atoms with van der Waals surface area (Å²) in [5, 5.41) is 24.0. The molecule has 1 rings (SSSR count). The Morgan fingerprint density at radius 1 is 1.33 bits per heavy atom. The minimum Gasteiger partial charge on any atom is -0.409 e. The van der Waals surface area contributed by atoms with Crippen LogP contribution in [0.4, 0.5) is 0 Å². The molecule has 0 saturated heterocycles. The van der Waals surface area contributed by atoms with Gasteiger partial charge in [-0.2, -0.15) is 0 Å². The van der Waals surface area contributed by atoms with Gasteiger partial charge in [-0.05, 0) is 11.5 Å². The summed E-state index contributed by atoms with van der Waals surface area (Å²) in [5.41, 5.74) is 7.25. The van der Waals surface area contributed by atoms with Crippen molar-refractivity contribution in [1.29, 1.82) is 0 Å². The number of nitrogens with one attached hydrogen (secondary N) is 1. The van der Waals surface area contributed by atoms with Crippen molar-refractivity contribution in [2.45, 2.75) is 26.4 Å². The van der Waals surface area contributed by atoms with Crippen LogP contribution in [-0.4, -0.2) is 28.8 Å². The fourth-order valence-electron chi connectivity index (χ4n) is 1.61. The first-order valence-electron chi connectivity index (χ1n) is 5.99. The van der Waals surface area contributed by atoms with Gasteiger partial charge >= 0.3 is 0 Å². The highest BCUT2D eigenvalue weighted by Gasteiger charge is 2.10. The number of hydrogen-bond donors (Lipinski definition) is 4. The second-order valence-corrected chi connectivity index (χ2v) is 4.60. The van der Waals surface area contributed by atoms with Gasteiger partial charge in [0.25, 0.3) is 0 Å². The van der Waals surface area contributed by atoms with Crippen molar-refractivity contribution in [2.75, 3.05) is 6.61 Å². The second kappa shape index (κ2) is 6.98. The zero-order chi connectivity index (χ0) is 13.5. The van der Waals surface area contributed by atoms with Gasteiger partial charge in [-0.25, -0.2) is 0 Å². The Balaban J connectivity index is 2.59. The molecule has 1 atom stereocenters. The number of benzene rings is 1. The number of nitrogens with two attached hydrogens (primary N) is 1. The van der Waals surface area contributed by atoms with Gasteiger partial charge in [-0.15, -0.1) is 0 Å². The predicted molar refractivity (Wildman–Crippen MR) is 71.5 cm³/mol. The summed E-state index contributed by atoms with van der Waals surface area (Å²) in [4.78, 5) is 0. The number of aliphatic hydroxyl groups is 1. The molecule has 18 heavy (non-hydrogen) atoms. The van der Waals surface area contributed by atoms with E-state index in [4.69, 9.17) is 10.9 Å². The molecule has 0 heterocycles. The molecule has 5 nitrogen and oxygen atoms in total. The third-order valence-electron chi connectivity index (χ3n) is 2.93. The Labute approximate surface area is 107 Å². The van der Waals surface area contributed by atoms with E-state index in [1.165, 1.54) is 0 Å². The Morgan fingerprint density at radius 2 is 1.94 bits per heavy atom. The zero-order valence-electron chi connectivity index (χ0n) is 10.8. The number of oxime groups is 1. The topological polar surface area (TPSA) is 90.9 Å². The van der Waals surface area contributed by atoms with Crippen LogP contribution in [0, 0.1) is 5.92 Å². The lowest BCUT2D eigenvalue weighted by molar-refractivity contribution is 0.210. The smallest absolute Gasteiger partial charge is 0.170 e. The van der Waals surface area contributed by atoms with E-state index in [1.54, 1.807) is 12.1 Å². The first-order chi connectivity index (χ1) is 8.58. The highest BCUT2D eigenvalue weighted by atomic mass is 16.4. The summed E-state index contributed by atoms with van der Waals surface area (Å²) in [6.45, 7) is 4.94. The average molecular weight is 251 g/mol. The van der Waals surface area contributed by atoms with Crippen molar-refractivity contribution in [2.24, 2.45) is 16.8 Å². The highest BCUT2D eigenvalue weighted by molar-refractivity contribution is 5.96. The van der Waals surface area contributed by atoms with E-state index in [0.717, 1.165) is 5.56 Å². The summed E-state index contributed by atoms with van der Waals surface area (Å²) in [5.74, 6) is 0.483. The number of amidine groups is 1. The van der Waals surface area contributed by atoms with Gasteiger partial charge in [0.2, 0.25) is 0 Å². The minimum absolute atomic E-state index is 0.0914. The van der Waals surface area contributed by atoms with Crippen molar-refractivity contribution in [1.82, 2.24) is 5.32 Å². The van der Waals surface area contributed by atoms with Gasteiger partial charge in [0.1, 0.15) is 0 Å². The molecule has 5 N–H and O–H groups in total. The maximum atomic E-state index is 9.20. The molecular weight excluding hydrogens is 230 g/mol. The average Bonchev–Trinajstić information content (AvgIpc) is 2.39. The lowest BCUT2D eigenvalue weighted by Crippen LogP contribution is -2.36. The third-order valence-corrected chi connectivity index (χ3v) is 2.93. The second-order valence-electron chi connectivity index (χ2n) is 4.60. The van der Waals surface area contributed by atoms with Crippen molar-refractivity contribution in [3.8, 4) is 0 Å². The fourth-order valence-corrected chi connectivity index (χ4v) is 1.61. The highest BCUT2D eigenvalue weighted by Crippen LogP contribution is 2.06. The van der Waals surface area contributed by atoms with E-state index in [9.17, 15) is 5.11 Å². The first-order valence-corrected chi connectivity index (χ1v) is 5.99. The van der Waals surface area contributed by atoms with Crippen molar-refractivity contribution in [3.63, 3.8) is 0 Å². The molecule has 5 heteroatoms. The predicted octanol–water partition coefficient (Wildman–Crippen LogP) is 0.888. The number of nitrogens with zero attached hydrogens (tertiary/aromatic N) is 1. The van der Waals surface area contributed by atoms with Crippen molar-refractivity contribution < 1.29 is 10.3 Å². The van der Waals surface area contributed by atoms with Crippen LogP contribution in [0.2, 0.25) is 0 Å². The van der Waals surface area contributed by atoms with Crippen LogP contribution < -0.4 is 11.1 Å². The quantitative estimate of drug-likeness (QED) is 0.261. The molecule has 1 aromatic rings. The standard InChI is InChI=1S/C13H21N3O2/c1-9(2)12(8-17)15-7-10-3-5-11(6-4-10)13(14)16-18/h3-6,9,12,15,17-18H,7-8H2,1-2H3,(H2,14,16). The van der Waals surface area contributed by atoms with Crippen LogP contribution in [0.1, 0.15) is 25.0 Å². The maximum Gasteiger partial charge on any atom is 0.170 e. The summed E-state index contributed by atoms with van der Waals surface area (Å²) >= 11 is 0. The van der Waals surface area contributed by atoms with E-state index < -0.39 is 0 Å². The van der Waals surface area contributed by atoms with Gasteiger partial charge in [-0.3, -0.25) is 0 Å². The SMILES string of the molecule is CC(C)C(CO)NCc1ccc(C(N)=NO)cc1. The van der Waals surface area contributed by atoms with Gasteiger partial charge in [0, 0.05) is 18.2 Å². The number of aliphatic hydroxyl groups excluding tert-OH is 1. The normalized spacial score (nSPS) is 13.9. The van der Waals surface area contributed by atoms with Crippen LogP contribution in [0.3, 0.4) is 0 Å². The van der Waals surface area contributed by atoms with Gasteiger partial charge in [0.05, 0.1) is 6.61 Å². The van der Waals surface area contributed by atoms with E-state index >= 15 is 0 Å². The first kappa shape index (κ1) is 14.5. The molecule has 0 aromatic heterocycles. The number of hydrogen-bond acceptors (Lipinski definition) is 4. The largest absolute Gasteiger partial charge is 0.409 e.